The van der Waals surface area contributed by atoms with Crippen molar-refractivity contribution in [3.8, 4) is 0 Å². The summed E-state index contributed by atoms with van der Waals surface area (Å²) < 4.78 is 0. The maximum Gasteiger partial charge on any atom is 0.256 e. The Labute approximate surface area is 168 Å². The molecule has 1 aliphatic heterocycles. The van der Waals surface area contributed by atoms with E-state index >= 15 is 0 Å². The van der Waals surface area contributed by atoms with Crippen LogP contribution in [0.4, 0.5) is 0 Å². The molecule has 3 nitrogen and oxygen atoms in total. The summed E-state index contributed by atoms with van der Waals surface area (Å²) >= 11 is 0. The van der Waals surface area contributed by atoms with E-state index in [9.17, 15) is 4.79 Å². The topological polar surface area (TPSA) is 32.3 Å². The molecule has 1 fully saturated rings. The van der Waals surface area contributed by atoms with Crippen molar-refractivity contribution in [3.05, 3.63) is 71.3 Å². The van der Waals surface area contributed by atoms with Crippen LogP contribution in [0.15, 0.2) is 54.6 Å². The Morgan fingerprint density at radius 3 is 2.48 bits per heavy atom. The summed E-state index contributed by atoms with van der Waals surface area (Å²) in [5, 5.41) is 3.67. The molecule has 2 aromatic carbocycles. The first-order chi connectivity index (χ1) is 12.7. The number of hydrogen-bond donors (Lipinski definition) is 1. The van der Waals surface area contributed by atoms with Crippen LogP contribution < -0.4 is 5.32 Å². The quantitative estimate of drug-likeness (QED) is 0.787. The summed E-state index contributed by atoms with van der Waals surface area (Å²) in [4.78, 5) is 15.4. The normalized spacial score (nSPS) is 27.2. The number of rotatable bonds is 4. The van der Waals surface area contributed by atoms with E-state index < -0.39 is 0 Å². The fourth-order valence-corrected chi connectivity index (χ4v) is 4.64. The largest absolute Gasteiger partial charge is 0.316 e. The van der Waals surface area contributed by atoms with Crippen molar-refractivity contribution in [1.82, 2.24) is 10.2 Å². The number of halogens is 1. The lowest BCUT2D eigenvalue weighted by Crippen LogP contribution is -2.49. The second-order valence-corrected chi connectivity index (χ2v) is 7.90. The Balaban J connectivity index is 0.00000210. The van der Waals surface area contributed by atoms with Gasteiger partial charge in [0.1, 0.15) is 6.17 Å². The highest BCUT2D eigenvalue weighted by Gasteiger charge is 2.43. The minimum absolute atomic E-state index is 0. The van der Waals surface area contributed by atoms with E-state index in [0.29, 0.717) is 17.9 Å². The number of carbonyl (C=O) groups excluding carboxylic acids is 1. The molecule has 27 heavy (non-hydrogen) atoms. The molecule has 1 amide bonds. The molecule has 0 aromatic heterocycles. The molecule has 4 rings (SSSR count). The van der Waals surface area contributed by atoms with Gasteiger partial charge in [0.2, 0.25) is 0 Å². The van der Waals surface area contributed by atoms with Crippen LogP contribution in [0.2, 0.25) is 0 Å². The average molecular weight is 385 g/mol. The van der Waals surface area contributed by atoms with Crippen molar-refractivity contribution in [3.63, 3.8) is 0 Å². The van der Waals surface area contributed by atoms with Crippen LogP contribution in [0, 0.1) is 11.8 Å². The predicted molar refractivity (Wildman–Crippen MR) is 112 cm³/mol. The van der Waals surface area contributed by atoms with Crippen LogP contribution in [0.5, 0.6) is 0 Å². The maximum absolute atomic E-state index is 13.3. The number of hydrogen-bond acceptors (Lipinski definition) is 2. The fraction of sp³-hybridized carbons (Fsp3) is 0.435. The lowest BCUT2D eigenvalue weighted by Gasteiger charge is -2.42. The van der Waals surface area contributed by atoms with Crippen LogP contribution in [-0.2, 0) is 6.54 Å². The van der Waals surface area contributed by atoms with Gasteiger partial charge >= 0.3 is 0 Å². The predicted octanol–water partition coefficient (Wildman–Crippen LogP) is 5.18. The van der Waals surface area contributed by atoms with Gasteiger partial charge in [-0.3, -0.25) is 10.1 Å². The summed E-state index contributed by atoms with van der Waals surface area (Å²) in [7, 11) is 0. The van der Waals surface area contributed by atoms with Gasteiger partial charge in [-0.1, -0.05) is 75.2 Å². The SMILES string of the molecule is CC1CCCC(N2C(=O)c3ccccc3C2NCc2ccccc2)C1C.Cl. The fourth-order valence-electron chi connectivity index (χ4n) is 4.64. The molecule has 0 bridgehead atoms. The molecule has 0 spiro atoms. The lowest BCUT2D eigenvalue weighted by molar-refractivity contribution is 0.0317. The van der Waals surface area contributed by atoms with Crippen LogP contribution >= 0.6 is 12.4 Å². The molecule has 1 aliphatic carbocycles. The first-order valence-electron chi connectivity index (χ1n) is 9.85. The Bertz CT molecular complexity index is 779. The molecule has 4 unspecified atom stereocenters. The summed E-state index contributed by atoms with van der Waals surface area (Å²) in [6.07, 6.45) is 3.56. The van der Waals surface area contributed by atoms with Crippen molar-refractivity contribution in [2.45, 2.75) is 51.9 Å². The first-order valence-corrected chi connectivity index (χ1v) is 9.85. The molecule has 2 aliphatic rings. The van der Waals surface area contributed by atoms with Crippen molar-refractivity contribution in [2.75, 3.05) is 0 Å². The van der Waals surface area contributed by atoms with Gasteiger partial charge in [0.15, 0.2) is 0 Å². The van der Waals surface area contributed by atoms with Gasteiger partial charge in [0, 0.05) is 23.7 Å². The second kappa shape index (κ2) is 8.45. The number of fused-ring (bicyclic) bond motifs is 1. The van der Waals surface area contributed by atoms with E-state index in [0.717, 1.165) is 24.1 Å². The van der Waals surface area contributed by atoms with Gasteiger partial charge < -0.3 is 4.90 Å². The highest BCUT2D eigenvalue weighted by atomic mass is 35.5. The highest BCUT2D eigenvalue weighted by molar-refractivity contribution is 5.99. The van der Waals surface area contributed by atoms with E-state index in [-0.39, 0.29) is 24.5 Å². The molecule has 4 heteroatoms. The molecular weight excluding hydrogens is 356 g/mol. The van der Waals surface area contributed by atoms with E-state index in [1.54, 1.807) is 0 Å². The Kier molecular flexibility index (Phi) is 6.23. The average Bonchev–Trinajstić information content (AvgIpc) is 2.95. The standard InChI is InChI=1S/C23H28N2O.ClH/c1-16-9-8-14-21(17(16)2)25-22(24-15-18-10-4-3-5-11-18)19-12-6-7-13-20(19)23(25)26;/h3-7,10-13,16-17,21-22,24H,8-9,14-15H2,1-2H3;1H. The zero-order valence-corrected chi connectivity index (χ0v) is 16.9. The molecule has 2 aromatic rings. The van der Waals surface area contributed by atoms with Crippen molar-refractivity contribution < 1.29 is 4.79 Å². The number of amides is 1. The number of benzene rings is 2. The van der Waals surface area contributed by atoms with Crippen molar-refractivity contribution in [1.29, 1.82) is 0 Å². The Morgan fingerprint density at radius 1 is 1.00 bits per heavy atom. The Morgan fingerprint density at radius 2 is 1.70 bits per heavy atom. The van der Waals surface area contributed by atoms with Crippen LogP contribution in [0.25, 0.3) is 0 Å². The third-order valence-electron chi connectivity index (χ3n) is 6.36. The summed E-state index contributed by atoms with van der Waals surface area (Å²) in [6.45, 7) is 5.41. The van der Waals surface area contributed by atoms with Crippen LogP contribution in [-0.4, -0.2) is 16.8 Å². The Hall–Kier alpha value is -1.84. The number of nitrogens with zero attached hydrogens (tertiary/aromatic N) is 1. The first kappa shape index (κ1) is 19.9. The van der Waals surface area contributed by atoms with Crippen LogP contribution in [0.1, 0.15) is 60.8 Å². The zero-order valence-electron chi connectivity index (χ0n) is 16.1. The molecule has 144 valence electrons. The van der Waals surface area contributed by atoms with Gasteiger partial charge in [0.25, 0.3) is 5.91 Å². The second-order valence-electron chi connectivity index (χ2n) is 7.90. The number of nitrogens with one attached hydrogen (secondary N) is 1. The smallest absolute Gasteiger partial charge is 0.256 e. The zero-order chi connectivity index (χ0) is 18.1. The molecule has 1 heterocycles. The summed E-state index contributed by atoms with van der Waals surface area (Å²) in [5.74, 6) is 1.39. The van der Waals surface area contributed by atoms with Crippen LogP contribution in [0.3, 0.4) is 0 Å². The molecule has 4 atom stereocenters. The highest BCUT2D eigenvalue weighted by Crippen LogP contribution is 2.41. The van der Waals surface area contributed by atoms with Gasteiger partial charge in [-0.15, -0.1) is 12.4 Å². The number of carbonyl (C=O) groups is 1. The molecular formula is C23H29ClN2O. The molecule has 0 radical (unpaired) electrons. The minimum atomic E-state index is -0.0309. The van der Waals surface area contributed by atoms with E-state index in [4.69, 9.17) is 0 Å². The van der Waals surface area contributed by atoms with Gasteiger partial charge in [-0.2, -0.15) is 0 Å². The van der Waals surface area contributed by atoms with E-state index in [1.165, 1.54) is 18.4 Å². The lowest BCUT2D eigenvalue weighted by atomic mass is 9.77. The van der Waals surface area contributed by atoms with E-state index in [2.05, 4.69) is 54.4 Å². The molecule has 1 saturated carbocycles. The van der Waals surface area contributed by atoms with Crippen molar-refractivity contribution in [2.24, 2.45) is 11.8 Å². The van der Waals surface area contributed by atoms with Gasteiger partial charge in [-0.25, -0.2) is 0 Å². The van der Waals surface area contributed by atoms with Crippen molar-refractivity contribution >= 4 is 18.3 Å². The van der Waals surface area contributed by atoms with Gasteiger partial charge in [0.05, 0.1) is 0 Å². The maximum atomic E-state index is 13.3. The minimum Gasteiger partial charge on any atom is -0.316 e. The third-order valence-corrected chi connectivity index (χ3v) is 6.36. The monoisotopic (exact) mass is 384 g/mol. The van der Waals surface area contributed by atoms with E-state index in [1.807, 2.05) is 24.3 Å². The summed E-state index contributed by atoms with van der Waals surface area (Å²) in [6, 6.07) is 18.8. The molecule has 1 N–H and O–H groups in total. The van der Waals surface area contributed by atoms with Gasteiger partial charge in [-0.05, 0) is 29.9 Å². The third kappa shape index (κ3) is 3.76. The summed E-state index contributed by atoms with van der Waals surface area (Å²) in [5.41, 5.74) is 3.23. The molecule has 0 saturated heterocycles.